The molecule has 0 aliphatic heterocycles. The van der Waals surface area contributed by atoms with Gasteiger partial charge in [0.15, 0.2) is 0 Å². The number of fused-ring (bicyclic) bond motifs is 1. The molecule has 0 saturated carbocycles. The van der Waals surface area contributed by atoms with Gasteiger partial charge in [0.1, 0.15) is 16.8 Å². The minimum absolute atomic E-state index is 0.160. The number of rotatable bonds is 7. The summed E-state index contributed by atoms with van der Waals surface area (Å²) in [6.07, 6.45) is 0.606. The number of carbonyl (C=O) groups is 1. The first-order valence-corrected chi connectivity index (χ1v) is 11.9. The van der Waals surface area contributed by atoms with Crippen LogP contribution < -0.4 is 10.0 Å². The summed E-state index contributed by atoms with van der Waals surface area (Å²) in [6.45, 7) is 4.34. The zero-order valence-electron chi connectivity index (χ0n) is 18.8. The third-order valence-electron chi connectivity index (χ3n) is 5.80. The third-order valence-corrected chi connectivity index (χ3v) is 6.86. The molecule has 1 heterocycles. The van der Waals surface area contributed by atoms with E-state index in [1.165, 1.54) is 6.07 Å². The number of nitrogens with one attached hydrogen (secondary N) is 3. The predicted octanol–water partition coefficient (Wildman–Crippen LogP) is 4.81. The lowest BCUT2D eigenvalue weighted by Gasteiger charge is -2.09. The number of amides is 1. The van der Waals surface area contributed by atoms with Gasteiger partial charge in [0.2, 0.25) is 0 Å². The SMILES string of the molecule is CNS(=O)c1cccc(-c2ccc(C(=O)NCCc3c(C)[nH]c4c(F)ccc(C)c34)cc2)c1. The second-order valence-corrected chi connectivity index (χ2v) is 9.34. The zero-order valence-corrected chi connectivity index (χ0v) is 19.6. The Morgan fingerprint density at radius 3 is 2.52 bits per heavy atom. The second kappa shape index (κ2) is 9.68. The average Bonchev–Trinajstić information content (AvgIpc) is 3.18. The summed E-state index contributed by atoms with van der Waals surface area (Å²) in [5.41, 5.74) is 5.90. The maximum absolute atomic E-state index is 14.1. The van der Waals surface area contributed by atoms with Crippen LogP contribution in [-0.4, -0.2) is 28.7 Å². The molecule has 0 radical (unpaired) electrons. The Morgan fingerprint density at radius 2 is 1.79 bits per heavy atom. The average molecular weight is 464 g/mol. The van der Waals surface area contributed by atoms with Crippen molar-refractivity contribution in [1.29, 1.82) is 0 Å². The third kappa shape index (κ3) is 4.74. The smallest absolute Gasteiger partial charge is 0.251 e. The van der Waals surface area contributed by atoms with E-state index < -0.39 is 11.0 Å². The van der Waals surface area contributed by atoms with E-state index >= 15 is 0 Å². The van der Waals surface area contributed by atoms with Crippen molar-refractivity contribution in [2.24, 2.45) is 0 Å². The van der Waals surface area contributed by atoms with Crippen molar-refractivity contribution in [1.82, 2.24) is 15.0 Å². The zero-order chi connectivity index (χ0) is 23.5. The van der Waals surface area contributed by atoms with Crippen molar-refractivity contribution in [3.63, 3.8) is 0 Å². The normalized spacial score (nSPS) is 12.1. The van der Waals surface area contributed by atoms with Crippen LogP contribution >= 0.6 is 0 Å². The fourth-order valence-corrected chi connectivity index (χ4v) is 4.75. The van der Waals surface area contributed by atoms with Crippen molar-refractivity contribution in [2.45, 2.75) is 25.2 Å². The molecule has 3 N–H and O–H groups in total. The van der Waals surface area contributed by atoms with Gasteiger partial charge in [0.25, 0.3) is 5.91 Å². The summed E-state index contributed by atoms with van der Waals surface area (Å²) in [5.74, 6) is -0.427. The molecule has 0 aliphatic carbocycles. The van der Waals surface area contributed by atoms with Crippen LogP contribution in [0, 0.1) is 19.7 Å². The van der Waals surface area contributed by atoms with Gasteiger partial charge in [-0.05, 0) is 79.9 Å². The van der Waals surface area contributed by atoms with Crippen LogP contribution in [0.3, 0.4) is 0 Å². The molecule has 1 atom stereocenters. The fourth-order valence-electron chi connectivity index (χ4n) is 4.08. The van der Waals surface area contributed by atoms with E-state index in [1.54, 1.807) is 25.2 Å². The Balaban J connectivity index is 1.43. The van der Waals surface area contributed by atoms with Gasteiger partial charge in [-0.15, -0.1) is 0 Å². The summed E-state index contributed by atoms with van der Waals surface area (Å²) in [5, 5.41) is 3.85. The van der Waals surface area contributed by atoms with Crippen molar-refractivity contribution in [2.75, 3.05) is 13.6 Å². The number of hydrogen-bond donors (Lipinski definition) is 3. The highest BCUT2D eigenvalue weighted by Crippen LogP contribution is 2.28. The second-order valence-electron chi connectivity index (χ2n) is 7.93. The molecule has 1 amide bonds. The van der Waals surface area contributed by atoms with Gasteiger partial charge in [-0.25, -0.2) is 13.3 Å². The maximum Gasteiger partial charge on any atom is 0.251 e. The Morgan fingerprint density at radius 1 is 1.03 bits per heavy atom. The number of hydrogen-bond acceptors (Lipinski definition) is 2. The van der Waals surface area contributed by atoms with Gasteiger partial charge in [-0.3, -0.25) is 4.79 Å². The van der Waals surface area contributed by atoms with Crippen LogP contribution in [0.4, 0.5) is 4.39 Å². The standard InChI is InChI=1S/C26H26FN3O2S/c1-16-7-12-23(27)25-24(16)22(17(2)30-25)13-14-29-26(31)19-10-8-18(9-11-19)20-5-4-6-21(15-20)33(32)28-3/h4-12,15,28,30H,13-14H2,1-3H3,(H,29,31). The van der Waals surface area contributed by atoms with Crippen molar-refractivity contribution in [3.05, 3.63) is 88.9 Å². The Kier molecular flexibility index (Phi) is 6.72. The lowest BCUT2D eigenvalue weighted by Crippen LogP contribution is -2.25. The molecule has 1 unspecified atom stereocenters. The summed E-state index contributed by atoms with van der Waals surface area (Å²) in [4.78, 5) is 16.5. The Hall–Kier alpha value is -3.29. The molecule has 4 aromatic rings. The van der Waals surface area contributed by atoms with Crippen molar-refractivity contribution in [3.8, 4) is 11.1 Å². The van der Waals surface area contributed by atoms with Crippen LogP contribution in [0.1, 0.15) is 27.2 Å². The molecule has 170 valence electrons. The van der Waals surface area contributed by atoms with Crippen LogP contribution in [0.5, 0.6) is 0 Å². The highest BCUT2D eigenvalue weighted by atomic mass is 32.2. The van der Waals surface area contributed by atoms with Gasteiger partial charge >= 0.3 is 0 Å². The number of carbonyl (C=O) groups excluding carboxylic acids is 1. The van der Waals surface area contributed by atoms with Gasteiger partial charge in [-0.2, -0.15) is 0 Å². The number of H-pyrrole nitrogens is 1. The lowest BCUT2D eigenvalue weighted by atomic mass is 10.0. The van der Waals surface area contributed by atoms with Crippen molar-refractivity contribution < 1.29 is 13.4 Å². The molecule has 0 bridgehead atoms. The van der Waals surface area contributed by atoms with E-state index in [1.807, 2.05) is 50.2 Å². The molecule has 5 nitrogen and oxygen atoms in total. The highest BCUT2D eigenvalue weighted by Gasteiger charge is 2.14. The molecular formula is C26H26FN3O2S. The topological polar surface area (TPSA) is 74.0 Å². The van der Waals surface area contributed by atoms with E-state index in [4.69, 9.17) is 0 Å². The summed E-state index contributed by atoms with van der Waals surface area (Å²) < 4.78 is 28.9. The lowest BCUT2D eigenvalue weighted by molar-refractivity contribution is 0.0954. The van der Waals surface area contributed by atoms with Crippen LogP contribution in [0.25, 0.3) is 22.0 Å². The number of aromatic nitrogens is 1. The largest absolute Gasteiger partial charge is 0.356 e. The van der Waals surface area contributed by atoms with Crippen LogP contribution in [0.2, 0.25) is 0 Å². The van der Waals surface area contributed by atoms with Gasteiger partial charge in [0.05, 0.1) is 10.4 Å². The number of aromatic amines is 1. The van der Waals surface area contributed by atoms with Gasteiger partial charge in [0, 0.05) is 23.2 Å². The molecule has 0 saturated heterocycles. The van der Waals surface area contributed by atoms with Crippen LogP contribution in [0.15, 0.2) is 65.6 Å². The Labute approximate surface area is 195 Å². The summed E-state index contributed by atoms with van der Waals surface area (Å²) in [7, 11) is 0.395. The molecule has 0 fully saturated rings. The van der Waals surface area contributed by atoms with Gasteiger partial charge < -0.3 is 10.3 Å². The minimum atomic E-state index is -1.25. The molecular weight excluding hydrogens is 437 g/mol. The first kappa shape index (κ1) is 22.9. The van der Waals surface area contributed by atoms with Crippen molar-refractivity contribution >= 4 is 27.8 Å². The van der Waals surface area contributed by atoms with Crippen LogP contribution in [-0.2, 0) is 17.4 Å². The van der Waals surface area contributed by atoms with Gasteiger partial charge in [-0.1, -0.05) is 30.3 Å². The molecule has 1 aromatic heterocycles. The maximum atomic E-state index is 14.1. The molecule has 3 aromatic carbocycles. The summed E-state index contributed by atoms with van der Waals surface area (Å²) in [6, 6.07) is 18.1. The minimum Gasteiger partial charge on any atom is -0.356 e. The van der Waals surface area contributed by atoms with E-state index in [9.17, 15) is 13.4 Å². The molecule has 0 spiro atoms. The first-order chi connectivity index (χ1) is 15.9. The van der Waals surface area contributed by atoms with E-state index in [0.717, 1.165) is 33.3 Å². The quantitative estimate of drug-likeness (QED) is 0.368. The fraction of sp³-hybridized carbons (Fsp3) is 0.192. The molecule has 7 heteroatoms. The number of benzene rings is 3. The van der Waals surface area contributed by atoms with E-state index in [0.29, 0.717) is 28.9 Å². The first-order valence-electron chi connectivity index (χ1n) is 10.7. The number of aryl methyl sites for hydroxylation is 2. The van der Waals surface area contributed by atoms with E-state index in [2.05, 4.69) is 15.0 Å². The Bertz CT molecular complexity index is 1350. The highest BCUT2D eigenvalue weighted by molar-refractivity contribution is 7.83. The molecule has 33 heavy (non-hydrogen) atoms. The van der Waals surface area contributed by atoms with E-state index in [-0.39, 0.29) is 11.7 Å². The molecule has 4 rings (SSSR count). The molecule has 0 aliphatic rings. The predicted molar refractivity (Wildman–Crippen MR) is 131 cm³/mol. The number of halogens is 1. The monoisotopic (exact) mass is 463 g/mol. The summed E-state index contributed by atoms with van der Waals surface area (Å²) >= 11 is 0.